The van der Waals surface area contributed by atoms with Crippen molar-refractivity contribution >= 4 is 10.1 Å². The Kier molecular flexibility index (Phi) is 4.96. The van der Waals surface area contributed by atoms with E-state index < -0.39 is 10.1 Å². The molecule has 0 saturated carbocycles. The average Bonchev–Trinajstić information content (AvgIpc) is 2.28. The third-order valence-corrected chi connectivity index (χ3v) is 3.62. The molecule has 0 fully saturated rings. The summed E-state index contributed by atoms with van der Waals surface area (Å²) in [6.07, 6.45) is 2.01. The maximum atomic E-state index is 11.7. The molecule has 0 saturated heterocycles. The summed E-state index contributed by atoms with van der Waals surface area (Å²) in [4.78, 5) is 0.221. The van der Waals surface area contributed by atoms with Gasteiger partial charge in [-0.3, -0.25) is 4.18 Å². The number of hydrogen-bond acceptors (Lipinski definition) is 3. The molecule has 16 heavy (non-hydrogen) atoms. The van der Waals surface area contributed by atoms with Gasteiger partial charge in [0.25, 0.3) is 10.1 Å². The zero-order valence-electron chi connectivity index (χ0n) is 9.72. The molecule has 1 aromatic carbocycles. The van der Waals surface area contributed by atoms with Crippen molar-refractivity contribution in [3.05, 3.63) is 30.3 Å². The van der Waals surface area contributed by atoms with Crippen LogP contribution in [0.25, 0.3) is 0 Å². The number of rotatable bonds is 6. The molecular formula is C12H18O3S. The van der Waals surface area contributed by atoms with Crippen molar-refractivity contribution in [1.82, 2.24) is 0 Å². The summed E-state index contributed by atoms with van der Waals surface area (Å²) >= 11 is 0. The molecule has 90 valence electrons. The highest BCUT2D eigenvalue weighted by Gasteiger charge is 2.15. The lowest BCUT2D eigenvalue weighted by Crippen LogP contribution is -2.12. The highest BCUT2D eigenvalue weighted by atomic mass is 32.2. The second-order valence-electron chi connectivity index (χ2n) is 3.95. The molecule has 0 amide bonds. The van der Waals surface area contributed by atoms with E-state index in [0.29, 0.717) is 0 Å². The highest BCUT2D eigenvalue weighted by molar-refractivity contribution is 7.86. The van der Waals surface area contributed by atoms with Crippen LogP contribution in [0.4, 0.5) is 0 Å². The van der Waals surface area contributed by atoms with E-state index >= 15 is 0 Å². The van der Waals surface area contributed by atoms with E-state index in [9.17, 15) is 8.42 Å². The Hall–Kier alpha value is -0.870. The smallest absolute Gasteiger partial charge is 0.266 e. The lowest BCUT2D eigenvalue weighted by atomic mass is 10.1. The van der Waals surface area contributed by atoms with Crippen molar-refractivity contribution in [3.8, 4) is 0 Å². The Morgan fingerprint density at radius 3 is 2.44 bits per heavy atom. The average molecular weight is 242 g/mol. The Labute approximate surface area is 97.6 Å². The van der Waals surface area contributed by atoms with Gasteiger partial charge in [-0.25, -0.2) is 0 Å². The third kappa shape index (κ3) is 3.94. The third-order valence-electron chi connectivity index (χ3n) is 2.32. The molecule has 0 aliphatic carbocycles. The standard InChI is InChI=1S/C12H18O3S/c1-3-7-11(2)10-15-16(13,14)12-8-5-4-6-9-12/h4-6,8-9,11H,3,7,10H2,1-2H3. The summed E-state index contributed by atoms with van der Waals surface area (Å²) in [5.41, 5.74) is 0. The first-order valence-corrected chi connectivity index (χ1v) is 6.91. The normalized spacial score (nSPS) is 13.6. The van der Waals surface area contributed by atoms with Gasteiger partial charge in [0.1, 0.15) is 0 Å². The first-order chi connectivity index (χ1) is 7.56. The highest BCUT2D eigenvalue weighted by Crippen LogP contribution is 2.14. The van der Waals surface area contributed by atoms with Crippen LogP contribution in [-0.4, -0.2) is 15.0 Å². The minimum absolute atomic E-state index is 0.221. The molecule has 1 rings (SSSR count). The molecular weight excluding hydrogens is 224 g/mol. The summed E-state index contributed by atoms with van der Waals surface area (Å²) in [5.74, 6) is 0.267. The van der Waals surface area contributed by atoms with Crippen molar-refractivity contribution in [2.45, 2.75) is 31.6 Å². The van der Waals surface area contributed by atoms with Crippen LogP contribution in [0.2, 0.25) is 0 Å². The van der Waals surface area contributed by atoms with Crippen LogP contribution in [0.5, 0.6) is 0 Å². The Bertz CT molecular complexity index is 398. The zero-order valence-corrected chi connectivity index (χ0v) is 10.5. The van der Waals surface area contributed by atoms with Crippen molar-refractivity contribution in [2.24, 2.45) is 5.92 Å². The monoisotopic (exact) mass is 242 g/mol. The van der Waals surface area contributed by atoms with Crippen LogP contribution in [0.15, 0.2) is 35.2 Å². The summed E-state index contributed by atoms with van der Waals surface area (Å²) in [7, 11) is -3.57. The van der Waals surface area contributed by atoms with Crippen molar-refractivity contribution < 1.29 is 12.6 Å². The second-order valence-corrected chi connectivity index (χ2v) is 5.56. The van der Waals surface area contributed by atoms with Gasteiger partial charge in [-0.2, -0.15) is 8.42 Å². The minimum Gasteiger partial charge on any atom is -0.266 e. The van der Waals surface area contributed by atoms with Crippen molar-refractivity contribution in [3.63, 3.8) is 0 Å². The molecule has 0 spiro atoms. The van der Waals surface area contributed by atoms with Gasteiger partial charge in [0.05, 0.1) is 11.5 Å². The first-order valence-electron chi connectivity index (χ1n) is 5.50. The maximum absolute atomic E-state index is 11.7. The first kappa shape index (κ1) is 13.2. The summed E-state index contributed by atoms with van der Waals surface area (Å²) in [6, 6.07) is 8.23. The van der Waals surface area contributed by atoms with Gasteiger partial charge < -0.3 is 0 Å². The predicted octanol–water partition coefficient (Wildman–Crippen LogP) is 2.83. The van der Waals surface area contributed by atoms with Gasteiger partial charge in [-0.1, -0.05) is 38.5 Å². The fraction of sp³-hybridized carbons (Fsp3) is 0.500. The van der Waals surface area contributed by atoms with Gasteiger partial charge in [0.15, 0.2) is 0 Å². The van der Waals surface area contributed by atoms with E-state index in [1.807, 2.05) is 6.92 Å². The lowest BCUT2D eigenvalue weighted by molar-refractivity contribution is 0.256. The number of benzene rings is 1. The lowest BCUT2D eigenvalue weighted by Gasteiger charge is -2.10. The summed E-state index contributed by atoms with van der Waals surface area (Å²) < 4.78 is 28.4. The van der Waals surface area contributed by atoms with E-state index in [-0.39, 0.29) is 17.4 Å². The molecule has 0 bridgehead atoms. The van der Waals surface area contributed by atoms with E-state index in [2.05, 4.69) is 6.92 Å². The van der Waals surface area contributed by atoms with E-state index in [4.69, 9.17) is 4.18 Å². The van der Waals surface area contributed by atoms with Crippen LogP contribution < -0.4 is 0 Å². The van der Waals surface area contributed by atoms with Crippen molar-refractivity contribution in [1.29, 1.82) is 0 Å². The van der Waals surface area contributed by atoms with Crippen LogP contribution in [-0.2, 0) is 14.3 Å². The molecule has 0 aliphatic heterocycles. The molecule has 0 aliphatic rings. The van der Waals surface area contributed by atoms with Gasteiger partial charge in [0, 0.05) is 0 Å². The Morgan fingerprint density at radius 1 is 1.25 bits per heavy atom. The van der Waals surface area contributed by atoms with Crippen LogP contribution in [0, 0.1) is 5.92 Å². The zero-order chi connectivity index (χ0) is 12.0. The molecule has 0 radical (unpaired) electrons. The minimum atomic E-state index is -3.57. The largest absolute Gasteiger partial charge is 0.296 e. The van der Waals surface area contributed by atoms with Gasteiger partial charge >= 0.3 is 0 Å². The van der Waals surface area contributed by atoms with Gasteiger partial charge in [-0.05, 0) is 24.5 Å². The molecule has 4 heteroatoms. The van der Waals surface area contributed by atoms with Gasteiger partial charge in [-0.15, -0.1) is 0 Å². The van der Waals surface area contributed by atoms with Crippen LogP contribution in [0.3, 0.4) is 0 Å². The van der Waals surface area contributed by atoms with Gasteiger partial charge in [0.2, 0.25) is 0 Å². The molecule has 0 heterocycles. The SMILES string of the molecule is CCCC(C)COS(=O)(=O)c1ccccc1. The number of hydrogen-bond donors (Lipinski definition) is 0. The molecule has 3 nitrogen and oxygen atoms in total. The van der Waals surface area contributed by atoms with Crippen LogP contribution in [0.1, 0.15) is 26.7 Å². The van der Waals surface area contributed by atoms with E-state index in [1.54, 1.807) is 30.3 Å². The summed E-state index contributed by atoms with van der Waals surface area (Å²) in [5, 5.41) is 0. The van der Waals surface area contributed by atoms with Crippen LogP contribution >= 0.6 is 0 Å². The van der Waals surface area contributed by atoms with E-state index in [1.165, 1.54) is 0 Å². The molecule has 1 atom stereocenters. The molecule has 1 unspecified atom stereocenters. The Balaban J connectivity index is 2.60. The predicted molar refractivity (Wildman–Crippen MR) is 63.7 cm³/mol. The molecule has 1 aromatic rings. The maximum Gasteiger partial charge on any atom is 0.296 e. The van der Waals surface area contributed by atoms with E-state index in [0.717, 1.165) is 12.8 Å². The quantitative estimate of drug-likeness (QED) is 0.720. The Morgan fingerprint density at radius 2 is 1.88 bits per heavy atom. The fourth-order valence-corrected chi connectivity index (χ4v) is 2.48. The summed E-state index contributed by atoms with van der Waals surface area (Å²) in [6.45, 7) is 4.32. The topological polar surface area (TPSA) is 43.4 Å². The van der Waals surface area contributed by atoms with Crippen molar-refractivity contribution in [2.75, 3.05) is 6.61 Å². The fourth-order valence-electron chi connectivity index (χ4n) is 1.44. The molecule has 0 N–H and O–H groups in total. The second kappa shape index (κ2) is 6.01. The molecule has 0 aromatic heterocycles.